The molecule has 1 aliphatic heterocycles. The van der Waals surface area contributed by atoms with E-state index in [1.165, 1.54) is 4.90 Å². The van der Waals surface area contributed by atoms with Gasteiger partial charge in [0, 0.05) is 38.3 Å². The van der Waals surface area contributed by atoms with Crippen molar-refractivity contribution in [1.82, 2.24) is 24.9 Å². The van der Waals surface area contributed by atoms with E-state index in [-0.39, 0.29) is 54.6 Å². The van der Waals surface area contributed by atoms with Gasteiger partial charge in [-0.2, -0.15) is 5.10 Å². The van der Waals surface area contributed by atoms with Crippen molar-refractivity contribution in [3.05, 3.63) is 12.4 Å². The molecule has 2 heterocycles. The van der Waals surface area contributed by atoms with Gasteiger partial charge in [0.05, 0.1) is 30.6 Å². The topological polar surface area (TPSA) is 109 Å². The van der Waals surface area contributed by atoms with E-state index in [1.54, 1.807) is 29.9 Å². The molecule has 1 saturated carbocycles. The first-order valence-corrected chi connectivity index (χ1v) is 10.7. The molecular formula is C21H34N6O4. The van der Waals surface area contributed by atoms with E-state index in [9.17, 15) is 14.4 Å². The third-order valence-electron chi connectivity index (χ3n) is 5.36. The highest BCUT2D eigenvalue weighted by molar-refractivity contribution is 5.93. The fraction of sp³-hybridized carbons (Fsp3) is 0.714. The van der Waals surface area contributed by atoms with Crippen LogP contribution in [0, 0.1) is 5.92 Å². The SMILES string of the molecule is CN(C)C(=O)COC[C@@H]1C[C@H](n2cc(NC(=O)C3CC3)cn2)CN1C(=O)NC(C)(C)C. The molecular weight excluding hydrogens is 400 g/mol. The van der Waals surface area contributed by atoms with Crippen LogP contribution in [0.3, 0.4) is 0 Å². The lowest BCUT2D eigenvalue weighted by molar-refractivity contribution is -0.134. The minimum atomic E-state index is -0.368. The maximum absolute atomic E-state index is 12.9. The number of carbonyl (C=O) groups excluding carboxylic acids is 3. The first-order valence-electron chi connectivity index (χ1n) is 10.7. The molecule has 0 bridgehead atoms. The first kappa shape index (κ1) is 23.1. The van der Waals surface area contributed by atoms with Gasteiger partial charge >= 0.3 is 6.03 Å². The van der Waals surface area contributed by atoms with Crippen molar-refractivity contribution >= 4 is 23.5 Å². The quantitative estimate of drug-likeness (QED) is 0.675. The monoisotopic (exact) mass is 434 g/mol. The summed E-state index contributed by atoms with van der Waals surface area (Å²) in [5.74, 6) is 0.0372. The number of nitrogens with zero attached hydrogens (tertiary/aromatic N) is 4. The molecule has 1 aliphatic carbocycles. The van der Waals surface area contributed by atoms with Gasteiger partial charge < -0.3 is 25.2 Å². The summed E-state index contributed by atoms with van der Waals surface area (Å²) in [5, 5.41) is 10.3. The molecule has 1 saturated heterocycles. The number of nitrogens with one attached hydrogen (secondary N) is 2. The molecule has 172 valence electrons. The Morgan fingerprint density at radius 1 is 1.26 bits per heavy atom. The Morgan fingerprint density at radius 3 is 2.58 bits per heavy atom. The van der Waals surface area contributed by atoms with Gasteiger partial charge in [0.15, 0.2) is 0 Å². The van der Waals surface area contributed by atoms with E-state index in [2.05, 4.69) is 15.7 Å². The third kappa shape index (κ3) is 6.43. The first-order chi connectivity index (χ1) is 14.5. The maximum Gasteiger partial charge on any atom is 0.318 e. The second kappa shape index (κ2) is 9.25. The molecule has 0 radical (unpaired) electrons. The molecule has 10 heteroatoms. The van der Waals surface area contributed by atoms with E-state index < -0.39 is 0 Å². The zero-order chi connectivity index (χ0) is 22.8. The third-order valence-corrected chi connectivity index (χ3v) is 5.36. The largest absolute Gasteiger partial charge is 0.369 e. The van der Waals surface area contributed by atoms with Crippen LogP contribution < -0.4 is 10.6 Å². The van der Waals surface area contributed by atoms with E-state index >= 15 is 0 Å². The highest BCUT2D eigenvalue weighted by Crippen LogP contribution is 2.31. The van der Waals surface area contributed by atoms with Crippen LogP contribution in [0.1, 0.15) is 46.1 Å². The van der Waals surface area contributed by atoms with Crippen molar-refractivity contribution in [1.29, 1.82) is 0 Å². The van der Waals surface area contributed by atoms with Gasteiger partial charge in [-0.1, -0.05) is 0 Å². The highest BCUT2D eigenvalue weighted by atomic mass is 16.5. The molecule has 2 N–H and O–H groups in total. The number of ether oxygens (including phenoxy) is 1. The van der Waals surface area contributed by atoms with Crippen molar-refractivity contribution in [3.8, 4) is 0 Å². The normalized spacial score (nSPS) is 21.1. The fourth-order valence-corrected chi connectivity index (χ4v) is 3.49. The van der Waals surface area contributed by atoms with Crippen molar-refractivity contribution in [2.45, 2.75) is 57.7 Å². The standard InChI is InChI=1S/C21H34N6O4/c1-21(2,3)24-20(30)26-11-16(8-17(26)12-31-13-18(28)25(4)5)27-10-15(9-22-27)23-19(29)14-6-7-14/h9-10,14,16-17H,6-8,11-13H2,1-5H3,(H,23,29)(H,24,30)/t16-,17-/m0/s1. The molecule has 10 nitrogen and oxygen atoms in total. The van der Waals surface area contributed by atoms with E-state index in [1.807, 2.05) is 27.0 Å². The molecule has 4 amide bonds. The Labute approximate surface area is 183 Å². The number of amides is 4. The predicted molar refractivity (Wildman–Crippen MR) is 116 cm³/mol. The maximum atomic E-state index is 12.9. The van der Waals surface area contributed by atoms with E-state index in [0.717, 1.165) is 12.8 Å². The second-order valence-electron chi connectivity index (χ2n) is 9.65. The molecule has 2 fully saturated rings. The molecule has 31 heavy (non-hydrogen) atoms. The van der Waals surface area contributed by atoms with Gasteiger partial charge in [-0.25, -0.2) is 4.79 Å². The number of anilines is 1. The second-order valence-corrected chi connectivity index (χ2v) is 9.65. The number of likely N-dealkylation sites (N-methyl/N-ethyl adjacent to an activating group) is 1. The van der Waals surface area contributed by atoms with Crippen LogP contribution in [0.15, 0.2) is 12.4 Å². The average molecular weight is 435 g/mol. The van der Waals surface area contributed by atoms with Crippen LogP contribution in [0.2, 0.25) is 0 Å². The minimum Gasteiger partial charge on any atom is -0.369 e. The molecule has 0 aromatic carbocycles. The van der Waals surface area contributed by atoms with Crippen LogP contribution in [0.5, 0.6) is 0 Å². The number of hydrogen-bond donors (Lipinski definition) is 2. The Bertz CT molecular complexity index is 811. The predicted octanol–water partition coefficient (Wildman–Crippen LogP) is 1.46. The van der Waals surface area contributed by atoms with Crippen molar-refractivity contribution in [2.24, 2.45) is 5.92 Å². The van der Waals surface area contributed by atoms with Gasteiger partial charge in [0.1, 0.15) is 6.61 Å². The molecule has 0 unspecified atom stereocenters. The summed E-state index contributed by atoms with van der Waals surface area (Å²) in [4.78, 5) is 39.9. The van der Waals surface area contributed by atoms with Crippen LogP contribution in [0.25, 0.3) is 0 Å². The molecule has 1 aromatic heterocycles. The smallest absolute Gasteiger partial charge is 0.318 e. The number of likely N-dealkylation sites (tertiary alicyclic amines) is 1. The zero-order valence-corrected chi connectivity index (χ0v) is 19.1. The molecule has 1 aromatic rings. The number of aromatic nitrogens is 2. The summed E-state index contributed by atoms with van der Waals surface area (Å²) in [7, 11) is 3.36. The zero-order valence-electron chi connectivity index (χ0n) is 19.1. The summed E-state index contributed by atoms with van der Waals surface area (Å²) in [6.45, 7) is 6.50. The van der Waals surface area contributed by atoms with Gasteiger partial charge in [0.2, 0.25) is 11.8 Å². The summed E-state index contributed by atoms with van der Waals surface area (Å²) >= 11 is 0. The molecule has 3 rings (SSSR count). The lowest BCUT2D eigenvalue weighted by Gasteiger charge is -2.29. The van der Waals surface area contributed by atoms with Crippen LogP contribution in [0.4, 0.5) is 10.5 Å². The van der Waals surface area contributed by atoms with E-state index in [4.69, 9.17) is 4.74 Å². The van der Waals surface area contributed by atoms with Crippen LogP contribution >= 0.6 is 0 Å². The summed E-state index contributed by atoms with van der Waals surface area (Å²) in [6, 6.07) is -0.400. The number of hydrogen-bond acceptors (Lipinski definition) is 5. The number of urea groups is 1. The number of carbonyl (C=O) groups is 3. The van der Waals surface area contributed by atoms with Gasteiger partial charge in [-0.05, 0) is 40.0 Å². The highest BCUT2D eigenvalue weighted by Gasteiger charge is 2.38. The molecule has 2 atom stereocenters. The van der Waals surface area contributed by atoms with E-state index in [0.29, 0.717) is 18.7 Å². The van der Waals surface area contributed by atoms with Gasteiger partial charge in [-0.3, -0.25) is 14.3 Å². The Morgan fingerprint density at radius 2 is 1.97 bits per heavy atom. The Kier molecular flexibility index (Phi) is 6.88. The lowest BCUT2D eigenvalue weighted by Crippen LogP contribution is -2.51. The fourth-order valence-electron chi connectivity index (χ4n) is 3.49. The molecule has 0 spiro atoms. The lowest BCUT2D eigenvalue weighted by atomic mass is 10.1. The molecule has 2 aliphatic rings. The number of rotatable bonds is 7. The minimum absolute atomic E-state index is 0.0258. The van der Waals surface area contributed by atoms with Crippen LogP contribution in [-0.4, -0.2) is 82.9 Å². The van der Waals surface area contributed by atoms with Crippen molar-refractivity contribution < 1.29 is 19.1 Å². The van der Waals surface area contributed by atoms with Gasteiger partial charge in [0.25, 0.3) is 0 Å². The summed E-state index contributed by atoms with van der Waals surface area (Å²) in [6.07, 6.45) is 5.98. The van der Waals surface area contributed by atoms with Crippen LogP contribution in [-0.2, 0) is 14.3 Å². The Hall–Kier alpha value is -2.62. The Balaban J connectivity index is 1.65. The summed E-state index contributed by atoms with van der Waals surface area (Å²) < 4.78 is 7.42. The average Bonchev–Trinajstić information content (AvgIpc) is 3.27. The van der Waals surface area contributed by atoms with Crippen molar-refractivity contribution in [2.75, 3.05) is 39.2 Å². The van der Waals surface area contributed by atoms with Crippen molar-refractivity contribution in [3.63, 3.8) is 0 Å². The van der Waals surface area contributed by atoms with Gasteiger partial charge in [-0.15, -0.1) is 0 Å². The summed E-state index contributed by atoms with van der Waals surface area (Å²) in [5.41, 5.74) is 0.298.